The number of hydrogen-bond acceptors (Lipinski definition) is 2. The van der Waals surface area contributed by atoms with Crippen molar-refractivity contribution in [2.75, 3.05) is 4.90 Å². The van der Waals surface area contributed by atoms with Gasteiger partial charge in [0.15, 0.2) is 0 Å². The van der Waals surface area contributed by atoms with Gasteiger partial charge in [0.1, 0.15) is 0 Å². The minimum absolute atomic E-state index is 0.118. The highest BCUT2D eigenvalue weighted by atomic mass is 32.1. The van der Waals surface area contributed by atoms with Crippen LogP contribution in [0.5, 0.6) is 0 Å². The van der Waals surface area contributed by atoms with Crippen molar-refractivity contribution >= 4 is 59.3 Å². The monoisotopic (exact) mass is 941 g/mol. The Kier molecular flexibility index (Phi) is 9.37. The Balaban J connectivity index is 0.968. The number of rotatable bonds is 5. The second kappa shape index (κ2) is 16.0. The van der Waals surface area contributed by atoms with Gasteiger partial charge in [-0.25, -0.2) is 0 Å². The van der Waals surface area contributed by atoms with E-state index in [1.807, 2.05) is 11.3 Å². The smallest absolute Gasteiger partial charge is 0.0719 e. The van der Waals surface area contributed by atoms with Crippen molar-refractivity contribution in [1.82, 2.24) is 0 Å². The Labute approximate surface area is 427 Å². The van der Waals surface area contributed by atoms with Crippen LogP contribution in [0.15, 0.2) is 224 Å². The summed E-state index contributed by atoms with van der Waals surface area (Å²) >= 11 is 1.88. The summed E-state index contributed by atoms with van der Waals surface area (Å²) in [5.41, 5.74) is 19.6. The van der Waals surface area contributed by atoms with Gasteiger partial charge in [-0.1, -0.05) is 196 Å². The molecule has 0 amide bonds. The molecule has 15 rings (SSSR count). The van der Waals surface area contributed by atoms with Gasteiger partial charge in [-0.2, -0.15) is 0 Å². The van der Waals surface area contributed by atoms with Gasteiger partial charge in [0, 0.05) is 42.3 Å². The van der Waals surface area contributed by atoms with E-state index in [4.69, 9.17) is 0 Å². The molecule has 0 N–H and O–H groups in total. The van der Waals surface area contributed by atoms with E-state index in [1.165, 1.54) is 124 Å². The largest absolute Gasteiger partial charge is 0.310 e. The maximum absolute atomic E-state index is 2.71. The van der Waals surface area contributed by atoms with E-state index in [0.29, 0.717) is 23.7 Å². The summed E-state index contributed by atoms with van der Waals surface area (Å²) in [6.07, 6.45) is 5.02. The maximum Gasteiger partial charge on any atom is 0.0719 e. The Morgan fingerprint density at radius 2 is 0.903 bits per heavy atom. The second-order valence-corrected chi connectivity index (χ2v) is 22.8. The van der Waals surface area contributed by atoms with Gasteiger partial charge < -0.3 is 4.90 Å². The average Bonchev–Trinajstić information content (AvgIpc) is 3.95. The predicted octanol–water partition coefficient (Wildman–Crippen LogP) is 19.1. The average molecular weight is 942 g/mol. The molecule has 2 heteroatoms. The molecule has 4 aliphatic rings. The lowest BCUT2D eigenvalue weighted by Crippen LogP contribution is -2.56. The third-order valence-electron chi connectivity index (χ3n) is 17.9. The number of fused-ring (bicyclic) bond motifs is 13. The first-order chi connectivity index (χ1) is 35.5. The molecule has 2 fully saturated rings. The lowest BCUT2D eigenvalue weighted by molar-refractivity contribution is 0.0238. The Bertz CT molecular complexity index is 3890. The molecule has 1 heterocycles. The quantitative estimate of drug-likeness (QED) is 0.166. The molecule has 2 spiro atoms. The van der Waals surface area contributed by atoms with Gasteiger partial charge in [-0.15, -0.1) is 11.3 Å². The van der Waals surface area contributed by atoms with Crippen LogP contribution in [0.4, 0.5) is 17.1 Å². The number of anilines is 3. The summed E-state index contributed by atoms with van der Waals surface area (Å²) in [7, 11) is 0. The summed E-state index contributed by atoms with van der Waals surface area (Å²) in [4.78, 5) is 2.58. The highest BCUT2D eigenvalue weighted by Crippen LogP contribution is 2.69. The second-order valence-electron chi connectivity index (χ2n) is 21.7. The number of hydrogen-bond donors (Lipinski definition) is 0. The third-order valence-corrected chi connectivity index (χ3v) is 19.1. The van der Waals surface area contributed by atoms with E-state index in [0.717, 1.165) is 5.69 Å². The zero-order valence-corrected chi connectivity index (χ0v) is 41.7. The number of thiophene rings is 1. The summed E-state index contributed by atoms with van der Waals surface area (Å²) in [5, 5.41) is 5.16. The molecule has 0 saturated heterocycles. The Hall–Kier alpha value is -7.52. The van der Waals surface area contributed by atoms with Gasteiger partial charge in [0.25, 0.3) is 0 Å². The lowest BCUT2D eigenvalue weighted by Gasteiger charge is -2.61. The van der Waals surface area contributed by atoms with Crippen LogP contribution in [0.1, 0.15) is 72.9 Å². The molecule has 346 valence electrons. The summed E-state index contributed by atoms with van der Waals surface area (Å²) in [5.74, 6) is 2.48. The third kappa shape index (κ3) is 5.82. The molecule has 4 aliphatic carbocycles. The van der Waals surface area contributed by atoms with Crippen LogP contribution in [0.25, 0.3) is 64.3 Å². The fraction of sp³-hybridized carbons (Fsp3) is 0.171. The van der Waals surface area contributed by atoms with Crippen molar-refractivity contribution in [2.45, 2.75) is 50.4 Å². The van der Waals surface area contributed by atoms with Crippen LogP contribution in [0.2, 0.25) is 0 Å². The van der Waals surface area contributed by atoms with Gasteiger partial charge in [0.05, 0.1) is 11.1 Å². The van der Waals surface area contributed by atoms with Crippen molar-refractivity contribution in [3.8, 4) is 33.4 Å². The van der Waals surface area contributed by atoms with Gasteiger partial charge in [0.2, 0.25) is 0 Å². The maximum atomic E-state index is 2.71. The molecular formula is C70H55NS. The van der Waals surface area contributed by atoms with Crippen molar-refractivity contribution in [3.05, 3.63) is 258 Å². The topological polar surface area (TPSA) is 3.24 Å². The number of nitrogens with zero attached hydrogens (tertiary/aromatic N) is 1. The molecule has 2 bridgehead atoms. The van der Waals surface area contributed by atoms with E-state index in [2.05, 4.69) is 243 Å². The van der Waals surface area contributed by atoms with Crippen molar-refractivity contribution < 1.29 is 0 Å². The molecule has 0 radical (unpaired) electrons. The molecule has 0 unspecified atom stereocenters. The zero-order chi connectivity index (χ0) is 47.7. The zero-order valence-electron chi connectivity index (χ0n) is 40.9. The highest BCUT2D eigenvalue weighted by molar-refractivity contribution is 7.25. The van der Waals surface area contributed by atoms with Gasteiger partial charge in [-0.05, 0) is 164 Å². The fourth-order valence-electron chi connectivity index (χ4n) is 15.5. The van der Waals surface area contributed by atoms with Crippen LogP contribution >= 0.6 is 11.3 Å². The summed E-state index contributed by atoms with van der Waals surface area (Å²) < 4.78 is 2.66. The van der Waals surface area contributed by atoms with Crippen LogP contribution in [0, 0.1) is 23.7 Å². The van der Waals surface area contributed by atoms with Crippen molar-refractivity contribution in [1.29, 1.82) is 0 Å². The normalized spacial score (nSPS) is 21.1. The molecule has 1 nitrogen and oxygen atoms in total. The van der Waals surface area contributed by atoms with Gasteiger partial charge >= 0.3 is 0 Å². The molecule has 0 aliphatic heterocycles. The van der Waals surface area contributed by atoms with E-state index < -0.39 is 5.41 Å². The number of benzene rings is 10. The van der Waals surface area contributed by atoms with E-state index in [9.17, 15) is 0 Å². The van der Waals surface area contributed by atoms with Crippen LogP contribution in [-0.2, 0) is 10.8 Å². The lowest BCUT2D eigenvalue weighted by atomic mass is 9.41. The SMILES string of the molecule is CC1CC2CC(C)CC(C1)C21c2ccccc2C2(c3ccccc3-c3ccccc32)c2ccc(N(c3ccc(-c4ccccc4-c4cccc5sc6ccccc6c45)cc3)c3cccc4ccccc34)cc21. The van der Waals surface area contributed by atoms with Crippen LogP contribution in [0.3, 0.4) is 0 Å². The van der Waals surface area contributed by atoms with Crippen molar-refractivity contribution in [3.63, 3.8) is 0 Å². The molecule has 72 heavy (non-hydrogen) atoms. The molecule has 1 aromatic heterocycles. The summed E-state index contributed by atoms with van der Waals surface area (Å²) in [6, 6.07) is 86.2. The minimum atomic E-state index is -0.440. The molecule has 0 atom stereocenters. The molecule has 10 aromatic carbocycles. The summed E-state index contributed by atoms with van der Waals surface area (Å²) in [6.45, 7) is 5.07. The van der Waals surface area contributed by atoms with Gasteiger partial charge in [-0.3, -0.25) is 0 Å². The standard InChI is InChI=1S/C70H55NS/c1-44-39-48-41-45(2)42-49(40-44)69(48)61-28-12-13-29-62(61)70(59-26-10-7-22-55(59)56-23-8-11-27-60(56)70)63-38-37-51(43-64(63)69)71(65-30-15-18-46-17-3-4-20-53(46)65)50-35-33-47(34-36-50)52-19-5-6-21-54(52)57-25-16-32-67-68(57)58-24-9-14-31-66(58)72-67/h3-38,43-45,48-49H,39-42H2,1-2H3. The first kappa shape index (κ1) is 42.2. The molecule has 2 saturated carbocycles. The van der Waals surface area contributed by atoms with E-state index >= 15 is 0 Å². The predicted molar refractivity (Wildman–Crippen MR) is 304 cm³/mol. The fourth-order valence-corrected chi connectivity index (χ4v) is 16.6. The molecule has 11 aromatic rings. The van der Waals surface area contributed by atoms with E-state index in [-0.39, 0.29) is 5.41 Å². The van der Waals surface area contributed by atoms with E-state index in [1.54, 1.807) is 11.1 Å². The first-order valence-electron chi connectivity index (χ1n) is 26.3. The Morgan fingerprint density at radius 3 is 1.62 bits per heavy atom. The first-order valence-corrected chi connectivity index (χ1v) is 27.2. The van der Waals surface area contributed by atoms with Crippen LogP contribution in [-0.4, -0.2) is 0 Å². The minimum Gasteiger partial charge on any atom is -0.310 e. The highest BCUT2D eigenvalue weighted by Gasteiger charge is 2.62. The Morgan fingerprint density at radius 1 is 0.389 bits per heavy atom. The van der Waals surface area contributed by atoms with Crippen LogP contribution < -0.4 is 4.90 Å². The van der Waals surface area contributed by atoms with Crippen molar-refractivity contribution in [2.24, 2.45) is 23.7 Å². The molecular weight excluding hydrogens is 887 g/mol.